The second kappa shape index (κ2) is 5.22. The smallest absolute Gasteiger partial charge is 0.240 e. The molecule has 1 rings (SSSR count). The fraction of sp³-hybridized carbons (Fsp3) is 0.333. The molecule has 0 aromatic heterocycles. The Morgan fingerprint density at radius 2 is 2.19 bits per heavy atom. The molecule has 1 unspecified atom stereocenters. The van der Waals surface area contributed by atoms with E-state index in [2.05, 4.69) is 20.7 Å². The number of nitrogens with one attached hydrogen (secondary N) is 1. The van der Waals surface area contributed by atoms with Gasteiger partial charge in [0.05, 0.1) is 15.5 Å². The molecule has 0 fully saturated rings. The zero-order chi connectivity index (χ0) is 12.3. The summed E-state index contributed by atoms with van der Waals surface area (Å²) in [6.45, 7) is 1.34. The summed E-state index contributed by atoms with van der Waals surface area (Å²) < 4.78 is 38.7. The lowest BCUT2D eigenvalue weighted by atomic mass is 10.3. The molecule has 16 heavy (non-hydrogen) atoms. The highest BCUT2D eigenvalue weighted by molar-refractivity contribution is 9.10. The van der Waals surface area contributed by atoms with E-state index in [9.17, 15) is 12.8 Å². The zero-order valence-corrected chi connectivity index (χ0v) is 10.8. The third-order valence-electron chi connectivity index (χ3n) is 1.77. The Bertz CT molecular complexity index is 476. The standard InChI is InChI=1S/C9H11BrFNO3S/c1-6(13)5-12-16(14,15)7-2-3-8(10)9(11)4-7/h2-4,6,12-13H,5H2,1H3. The van der Waals surface area contributed by atoms with Gasteiger partial charge >= 0.3 is 0 Å². The minimum atomic E-state index is -3.77. The van der Waals surface area contributed by atoms with E-state index in [1.807, 2.05) is 0 Å². The van der Waals surface area contributed by atoms with E-state index in [0.717, 1.165) is 6.07 Å². The van der Waals surface area contributed by atoms with Crippen molar-refractivity contribution >= 4 is 26.0 Å². The minimum absolute atomic E-state index is 0.111. The maximum absolute atomic E-state index is 13.1. The molecule has 1 aromatic carbocycles. The number of halogens is 2. The fourth-order valence-corrected chi connectivity index (χ4v) is 2.34. The van der Waals surface area contributed by atoms with Crippen LogP contribution >= 0.6 is 15.9 Å². The molecule has 90 valence electrons. The van der Waals surface area contributed by atoms with Gasteiger partial charge in [0, 0.05) is 6.54 Å². The largest absolute Gasteiger partial charge is 0.392 e. The van der Waals surface area contributed by atoms with Gasteiger partial charge in [-0.05, 0) is 41.1 Å². The molecular formula is C9H11BrFNO3S. The van der Waals surface area contributed by atoms with Crippen molar-refractivity contribution in [2.24, 2.45) is 0 Å². The predicted molar refractivity (Wildman–Crippen MR) is 61.0 cm³/mol. The first-order chi connectivity index (χ1) is 7.33. The van der Waals surface area contributed by atoms with Gasteiger partial charge in [-0.25, -0.2) is 17.5 Å². The highest BCUT2D eigenvalue weighted by atomic mass is 79.9. The number of aliphatic hydroxyl groups is 1. The maximum Gasteiger partial charge on any atom is 0.240 e. The van der Waals surface area contributed by atoms with Crippen LogP contribution in [0.5, 0.6) is 0 Å². The summed E-state index contributed by atoms with van der Waals surface area (Å²) >= 11 is 2.93. The summed E-state index contributed by atoms with van der Waals surface area (Å²) in [6.07, 6.45) is -0.796. The lowest BCUT2D eigenvalue weighted by Gasteiger charge is -2.08. The Labute approximate surface area is 102 Å². The molecule has 0 aliphatic carbocycles. The van der Waals surface area contributed by atoms with Crippen molar-refractivity contribution in [1.29, 1.82) is 0 Å². The van der Waals surface area contributed by atoms with Crippen LogP contribution in [0.2, 0.25) is 0 Å². The summed E-state index contributed by atoms with van der Waals surface area (Å²) in [5.74, 6) is -0.653. The molecule has 0 aliphatic rings. The Balaban J connectivity index is 2.94. The number of aliphatic hydroxyl groups excluding tert-OH is 1. The molecule has 1 aromatic rings. The van der Waals surface area contributed by atoms with Crippen molar-refractivity contribution < 1.29 is 17.9 Å². The van der Waals surface area contributed by atoms with E-state index in [-0.39, 0.29) is 15.9 Å². The van der Waals surface area contributed by atoms with Crippen LogP contribution in [0.4, 0.5) is 4.39 Å². The summed E-state index contributed by atoms with van der Waals surface area (Å²) in [5.41, 5.74) is 0. The first-order valence-corrected chi connectivity index (χ1v) is 6.73. The summed E-state index contributed by atoms with van der Waals surface area (Å²) in [5, 5.41) is 8.95. The number of hydrogen-bond donors (Lipinski definition) is 2. The average molecular weight is 312 g/mol. The molecule has 0 heterocycles. The first kappa shape index (κ1) is 13.6. The highest BCUT2D eigenvalue weighted by Crippen LogP contribution is 2.19. The fourth-order valence-electron chi connectivity index (χ4n) is 0.958. The van der Waals surface area contributed by atoms with Gasteiger partial charge in [0.2, 0.25) is 10.0 Å². The van der Waals surface area contributed by atoms with Crippen molar-refractivity contribution in [3.63, 3.8) is 0 Å². The number of rotatable bonds is 4. The monoisotopic (exact) mass is 311 g/mol. The molecule has 0 aliphatic heterocycles. The Morgan fingerprint density at radius 3 is 2.69 bits per heavy atom. The molecule has 0 saturated heterocycles. The summed E-state index contributed by atoms with van der Waals surface area (Å²) in [4.78, 5) is -0.172. The van der Waals surface area contributed by atoms with E-state index in [1.54, 1.807) is 0 Å². The number of sulfonamides is 1. The van der Waals surface area contributed by atoms with Gasteiger partial charge in [-0.3, -0.25) is 0 Å². The summed E-state index contributed by atoms with van der Waals surface area (Å²) in [6, 6.07) is 3.50. The van der Waals surface area contributed by atoms with Crippen LogP contribution in [0.3, 0.4) is 0 Å². The van der Waals surface area contributed by atoms with Gasteiger partial charge in [0.15, 0.2) is 0 Å². The SMILES string of the molecule is CC(O)CNS(=O)(=O)c1ccc(Br)c(F)c1. The van der Waals surface area contributed by atoms with Crippen molar-refractivity contribution in [3.8, 4) is 0 Å². The van der Waals surface area contributed by atoms with Crippen LogP contribution in [-0.4, -0.2) is 26.2 Å². The maximum atomic E-state index is 13.1. The van der Waals surface area contributed by atoms with Gasteiger partial charge < -0.3 is 5.11 Å². The normalized spacial score (nSPS) is 13.8. The average Bonchev–Trinajstić information content (AvgIpc) is 2.19. The Hall–Kier alpha value is -0.500. The zero-order valence-electron chi connectivity index (χ0n) is 8.44. The van der Waals surface area contributed by atoms with Crippen LogP contribution in [0.25, 0.3) is 0 Å². The Kier molecular flexibility index (Phi) is 4.43. The second-order valence-corrected chi connectivity index (χ2v) is 5.90. The minimum Gasteiger partial charge on any atom is -0.392 e. The molecule has 0 radical (unpaired) electrons. The topological polar surface area (TPSA) is 66.4 Å². The summed E-state index contributed by atoms with van der Waals surface area (Å²) in [7, 11) is -3.77. The van der Waals surface area contributed by atoms with Crippen LogP contribution in [0.1, 0.15) is 6.92 Å². The number of benzene rings is 1. The molecular weight excluding hydrogens is 301 g/mol. The molecule has 0 saturated carbocycles. The van der Waals surface area contributed by atoms with Gasteiger partial charge in [-0.2, -0.15) is 0 Å². The first-order valence-electron chi connectivity index (χ1n) is 4.45. The molecule has 7 heteroatoms. The molecule has 2 N–H and O–H groups in total. The quantitative estimate of drug-likeness (QED) is 0.879. The van der Waals surface area contributed by atoms with Crippen LogP contribution in [0, 0.1) is 5.82 Å². The van der Waals surface area contributed by atoms with Crippen molar-refractivity contribution in [1.82, 2.24) is 4.72 Å². The van der Waals surface area contributed by atoms with Gasteiger partial charge in [-0.15, -0.1) is 0 Å². The molecule has 0 spiro atoms. The van der Waals surface area contributed by atoms with E-state index in [1.165, 1.54) is 19.1 Å². The number of hydrogen-bond acceptors (Lipinski definition) is 3. The molecule has 4 nitrogen and oxygen atoms in total. The lowest BCUT2D eigenvalue weighted by Crippen LogP contribution is -2.30. The molecule has 1 atom stereocenters. The third kappa shape index (κ3) is 3.51. The van der Waals surface area contributed by atoms with Crippen LogP contribution in [0.15, 0.2) is 27.6 Å². The van der Waals surface area contributed by atoms with E-state index in [0.29, 0.717) is 0 Å². The molecule has 0 bridgehead atoms. The van der Waals surface area contributed by atoms with Crippen molar-refractivity contribution in [2.75, 3.05) is 6.54 Å². The van der Waals surface area contributed by atoms with Crippen molar-refractivity contribution in [3.05, 3.63) is 28.5 Å². The van der Waals surface area contributed by atoms with Gasteiger partial charge in [0.1, 0.15) is 5.82 Å². The van der Waals surface area contributed by atoms with E-state index >= 15 is 0 Å². The Morgan fingerprint density at radius 1 is 1.56 bits per heavy atom. The second-order valence-electron chi connectivity index (χ2n) is 3.28. The van der Waals surface area contributed by atoms with Crippen molar-refractivity contribution in [2.45, 2.75) is 17.9 Å². The molecule has 0 amide bonds. The van der Waals surface area contributed by atoms with E-state index in [4.69, 9.17) is 5.11 Å². The van der Waals surface area contributed by atoms with Crippen LogP contribution in [-0.2, 0) is 10.0 Å². The van der Waals surface area contributed by atoms with Gasteiger partial charge in [-0.1, -0.05) is 0 Å². The third-order valence-corrected chi connectivity index (χ3v) is 3.83. The lowest BCUT2D eigenvalue weighted by molar-refractivity contribution is 0.198. The van der Waals surface area contributed by atoms with Crippen LogP contribution < -0.4 is 4.72 Å². The predicted octanol–water partition coefficient (Wildman–Crippen LogP) is 1.25. The highest BCUT2D eigenvalue weighted by Gasteiger charge is 2.16. The van der Waals surface area contributed by atoms with E-state index < -0.39 is 21.9 Å². The van der Waals surface area contributed by atoms with Gasteiger partial charge in [0.25, 0.3) is 0 Å².